The summed E-state index contributed by atoms with van der Waals surface area (Å²) in [5, 5.41) is 0.832. The van der Waals surface area contributed by atoms with Crippen LogP contribution in [0.25, 0.3) is 0 Å². The molecule has 0 fully saturated rings. The maximum atomic E-state index is 11.2. The van der Waals surface area contributed by atoms with Crippen LogP contribution in [0, 0.1) is 0 Å². The normalized spacial score (nSPS) is 10.1. The van der Waals surface area contributed by atoms with E-state index < -0.39 is 0 Å². The van der Waals surface area contributed by atoms with E-state index in [0.717, 1.165) is 0 Å². The van der Waals surface area contributed by atoms with E-state index in [2.05, 4.69) is 0 Å². The summed E-state index contributed by atoms with van der Waals surface area (Å²) in [6.45, 7) is 2.08. The lowest BCUT2D eigenvalue weighted by Crippen LogP contribution is -2.09. The Morgan fingerprint density at radius 2 is 2.13 bits per heavy atom. The third kappa shape index (κ3) is 3.29. The Morgan fingerprint density at radius 3 is 2.67 bits per heavy atom. The number of nitrogens with two attached hydrogens (primary N) is 1. The van der Waals surface area contributed by atoms with Crippen molar-refractivity contribution in [3.8, 4) is 0 Å². The lowest BCUT2D eigenvalue weighted by molar-refractivity contribution is -0.142. The summed E-state index contributed by atoms with van der Waals surface area (Å²) in [6.07, 6.45) is 0.0652. The van der Waals surface area contributed by atoms with Crippen molar-refractivity contribution in [1.29, 1.82) is 0 Å². The SMILES string of the molecule is CCOC(=O)Cc1c(N)cc(Cl)cc1Cl. The fourth-order valence-electron chi connectivity index (χ4n) is 1.17. The molecule has 1 aromatic rings. The molecule has 0 amide bonds. The van der Waals surface area contributed by atoms with Gasteiger partial charge < -0.3 is 10.5 Å². The van der Waals surface area contributed by atoms with Crippen molar-refractivity contribution in [1.82, 2.24) is 0 Å². The van der Waals surface area contributed by atoms with Crippen LogP contribution in [0.1, 0.15) is 12.5 Å². The van der Waals surface area contributed by atoms with Crippen molar-refractivity contribution in [3.63, 3.8) is 0 Å². The second-order valence-corrected chi connectivity index (χ2v) is 3.78. The smallest absolute Gasteiger partial charge is 0.310 e. The molecule has 1 rings (SSSR count). The first-order chi connectivity index (χ1) is 7.04. The van der Waals surface area contributed by atoms with Gasteiger partial charge in [-0.3, -0.25) is 4.79 Å². The number of ether oxygens (including phenoxy) is 1. The first-order valence-corrected chi connectivity index (χ1v) is 5.19. The van der Waals surface area contributed by atoms with Crippen LogP contribution in [0.5, 0.6) is 0 Å². The summed E-state index contributed by atoms with van der Waals surface area (Å²) in [7, 11) is 0. The Balaban J connectivity index is 2.90. The molecule has 0 unspecified atom stereocenters. The van der Waals surface area contributed by atoms with E-state index in [1.165, 1.54) is 0 Å². The zero-order valence-corrected chi connectivity index (χ0v) is 9.73. The molecule has 0 atom stereocenters. The van der Waals surface area contributed by atoms with E-state index in [9.17, 15) is 4.79 Å². The van der Waals surface area contributed by atoms with Gasteiger partial charge in [0.2, 0.25) is 0 Å². The second kappa shape index (κ2) is 5.24. The molecule has 0 spiro atoms. The van der Waals surface area contributed by atoms with E-state index in [1.54, 1.807) is 19.1 Å². The van der Waals surface area contributed by atoms with Gasteiger partial charge in [-0.25, -0.2) is 0 Å². The summed E-state index contributed by atoms with van der Waals surface area (Å²) in [4.78, 5) is 11.2. The zero-order valence-electron chi connectivity index (χ0n) is 8.22. The van der Waals surface area contributed by atoms with Gasteiger partial charge in [0.1, 0.15) is 0 Å². The van der Waals surface area contributed by atoms with Crippen LogP contribution in [-0.4, -0.2) is 12.6 Å². The Labute approximate surface area is 98.1 Å². The molecule has 0 heterocycles. The van der Waals surface area contributed by atoms with Gasteiger partial charge >= 0.3 is 5.97 Å². The van der Waals surface area contributed by atoms with Crippen molar-refractivity contribution in [2.75, 3.05) is 12.3 Å². The molecule has 0 saturated heterocycles. The van der Waals surface area contributed by atoms with Gasteiger partial charge in [0, 0.05) is 21.3 Å². The summed E-state index contributed by atoms with van der Waals surface area (Å²) in [5.74, 6) is -0.353. The van der Waals surface area contributed by atoms with Crippen LogP contribution in [-0.2, 0) is 16.0 Å². The Kier molecular flexibility index (Phi) is 4.24. The molecule has 0 aromatic heterocycles. The van der Waals surface area contributed by atoms with E-state index in [-0.39, 0.29) is 12.4 Å². The molecule has 0 aliphatic carbocycles. The maximum Gasteiger partial charge on any atom is 0.310 e. The van der Waals surface area contributed by atoms with Crippen molar-refractivity contribution in [2.45, 2.75) is 13.3 Å². The predicted octanol–water partition coefficient (Wildman–Crippen LogP) is 2.68. The summed E-state index contributed by atoms with van der Waals surface area (Å²) in [6, 6.07) is 3.11. The van der Waals surface area contributed by atoms with Crippen molar-refractivity contribution >= 4 is 34.9 Å². The molecular formula is C10H11Cl2NO2. The topological polar surface area (TPSA) is 52.3 Å². The van der Waals surface area contributed by atoms with Gasteiger partial charge in [-0.15, -0.1) is 0 Å². The third-order valence-electron chi connectivity index (χ3n) is 1.82. The average Bonchev–Trinajstić information content (AvgIpc) is 2.11. The predicted molar refractivity (Wildman–Crippen MR) is 61.2 cm³/mol. The average molecular weight is 248 g/mol. The van der Waals surface area contributed by atoms with Crippen molar-refractivity contribution < 1.29 is 9.53 Å². The highest BCUT2D eigenvalue weighted by molar-refractivity contribution is 6.35. The van der Waals surface area contributed by atoms with E-state index >= 15 is 0 Å². The van der Waals surface area contributed by atoms with Crippen LogP contribution in [0.15, 0.2) is 12.1 Å². The Hall–Kier alpha value is -0.930. The van der Waals surface area contributed by atoms with E-state index in [0.29, 0.717) is 27.9 Å². The molecule has 2 N–H and O–H groups in total. The number of rotatable bonds is 3. The molecule has 0 aliphatic heterocycles. The first-order valence-electron chi connectivity index (χ1n) is 4.43. The number of carbonyl (C=O) groups is 1. The van der Waals surface area contributed by atoms with Gasteiger partial charge in [0.25, 0.3) is 0 Å². The maximum absolute atomic E-state index is 11.2. The van der Waals surface area contributed by atoms with E-state index in [4.69, 9.17) is 33.7 Å². The fourth-order valence-corrected chi connectivity index (χ4v) is 1.74. The van der Waals surface area contributed by atoms with Gasteiger partial charge in [-0.05, 0) is 19.1 Å². The third-order valence-corrected chi connectivity index (χ3v) is 2.38. The number of hydrogen-bond acceptors (Lipinski definition) is 3. The lowest BCUT2D eigenvalue weighted by Gasteiger charge is -2.08. The molecule has 5 heteroatoms. The van der Waals surface area contributed by atoms with Crippen LogP contribution >= 0.6 is 23.2 Å². The molecule has 3 nitrogen and oxygen atoms in total. The quantitative estimate of drug-likeness (QED) is 0.660. The zero-order chi connectivity index (χ0) is 11.4. The van der Waals surface area contributed by atoms with Gasteiger partial charge in [-0.1, -0.05) is 23.2 Å². The highest BCUT2D eigenvalue weighted by Crippen LogP contribution is 2.27. The lowest BCUT2D eigenvalue weighted by atomic mass is 10.1. The van der Waals surface area contributed by atoms with Crippen LogP contribution in [0.4, 0.5) is 5.69 Å². The standard InChI is InChI=1S/C10H11Cl2NO2/c1-2-15-10(14)5-7-8(12)3-6(11)4-9(7)13/h3-4H,2,5,13H2,1H3. The number of nitrogen functional groups attached to an aromatic ring is 1. The molecule has 0 aliphatic rings. The summed E-state index contributed by atoms with van der Waals surface area (Å²) in [5.41, 5.74) is 6.65. The fraction of sp³-hybridized carbons (Fsp3) is 0.300. The number of carbonyl (C=O) groups excluding carboxylic acids is 1. The number of benzene rings is 1. The second-order valence-electron chi connectivity index (χ2n) is 2.94. The Morgan fingerprint density at radius 1 is 1.47 bits per heavy atom. The molecular weight excluding hydrogens is 237 g/mol. The molecule has 82 valence electrons. The highest BCUT2D eigenvalue weighted by atomic mass is 35.5. The molecule has 0 bridgehead atoms. The largest absolute Gasteiger partial charge is 0.466 e. The minimum absolute atomic E-state index is 0.0652. The highest BCUT2D eigenvalue weighted by Gasteiger charge is 2.12. The van der Waals surface area contributed by atoms with Crippen molar-refractivity contribution in [2.24, 2.45) is 0 Å². The molecule has 0 radical (unpaired) electrons. The first kappa shape index (κ1) is 12.1. The van der Waals surface area contributed by atoms with E-state index in [1.807, 2.05) is 0 Å². The van der Waals surface area contributed by atoms with Crippen LogP contribution in [0.2, 0.25) is 10.0 Å². The number of esters is 1. The number of anilines is 1. The minimum Gasteiger partial charge on any atom is -0.466 e. The number of halogens is 2. The minimum atomic E-state index is -0.353. The molecule has 15 heavy (non-hydrogen) atoms. The summed E-state index contributed by atoms with van der Waals surface area (Å²) < 4.78 is 4.80. The monoisotopic (exact) mass is 247 g/mol. The molecule has 1 aromatic carbocycles. The van der Waals surface area contributed by atoms with Gasteiger partial charge in [0.05, 0.1) is 13.0 Å². The van der Waals surface area contributed by atoms with Gasteiger partial charge in [-0.2, -0.15) is 0 Å². The molecule has 0 saturated carbocycles. The van der Waals surface area contributed by atoms with Crippen molar-refractivity contribution in [3.05, 3.63) is 27.7 Å². The number of hydrogen-bond donors (Lipinski definition) is 1. The van der Waals surface area contributed by atoms with Gasteiger partial charge in [0.15, 0.2) is 0 Å². The van der Waals surface area contributed by atoms with Crippen LogP contribution < -0.4 is 5.73 Å². The summed E-state index contributed by atoms with van der Waals surface area (Å²) >= 11 is 11.6. The van der Waals surface area contributed by atoms with Crippen LogP contribution in [0.3, 0.4) is 0 Å². The Bertz CT molecular complexity index is 357.